The monoisotopic (exact) mass is 357 g/mol. The molecule has 0 radical (unpaired) electrons. The highest BCUT2D eigenvalue weighted by Crippen LogP contribution is 2.29. The molecule has 1 atom stereocenters. The zero-order valence-electron chi connectivity index (χ0n) is 14.3. The number of fused-ring (bicyclic) bond motifs is 1. The molecule has 2 aliphatic heterocycles. The molecule has 3 heterocycles. The summed E-state index contributed by atoms with van der Waals surface area (Å²) in [4.78, 5) is 36.0. The number of primary amides is 1. The number of nitrogens with zero attached hydrogens (tertiary/aromatic N) is 4. The molecule has 4 rings (SSSR count). The molecule has 2 aliphatic rings. The molecule has 2 N–H and O–H groups in total. The molecule has 0 spiro atoms. The van der Waals surface area contributed by atoms with E-state index in [1.54, 1.807) is 11.0 Å². The van der Waals surface area contributed by atoms with Crippen molar-refractivity contribution < 1.29 is 14.0 Å². The average Bonchev–Trinajstić information content (AvgIpc) is 3.03. The Morgan fingerprint density at radius 2 is 2.00 bits per heavy atom. The predicted octanol–water partition coefficient (Wildman–Crippen LogP) is 1.07. The van der Waals surface area contributed by atoms with Crippen LogP contribution in [0.3, 0.4) is 0 Å². The third-order valence-corrected chi connectivity index (χ3v) is 5.34. The van der Waals surface area contributed by atoms with Gasteiger partial charge in [0, 0.05) is 43.5 Å². The standard InChI is InChI=1S/C18H20FN5O2/c19-12-1-2-14-15(8-12)21-10-22-18(14)23-5-3-13(4-6-23)24-9-11(17(20)26)7-16(24)25/h1-2,8,10-11,13H,3-7,9H2,(H2,20,26). The van der Waals surface area contributed by atoms with E-state index in [-0.39, 0.29) is 30.1 Å². The Bertz CT molecular complexity index is 866. The zero-order valence-corrected chi connectivity index (χ0v) is 14.3. The lowest BCUT2D eigenvalue weighted by atomic mass is 10.0. The fraction of sp³-hybridized carbons (Fsp3) is 0.444. The lowest BCUT2D eigenvalue weighted by Crippen LogP contribution is -2.46. The molecule has 2 fully saturated rings. The van der Waals surface area contributed by atoms with Crippen molar-refractivity contribution in [2.45, 2.75) is 25.3 Å². The molecule has 8 heteroatoms. The van der Waals surface area contributed by atoms with Gasteiger partial charge in [-0.3, -0.25) is 9.59 Å². The van der Waals surface area contributed by atoms with Gasteiger partial charge in [0.1, 0.15) is 18.0 Å². The fourth-order valence-electron chi connectivity index (χ4n) is 3.93. The molecule has 2 aromatic rings. The molecule has 0 bridgehead atoms. The molecule has 2 saturated heterocycles. The summed E-state index contributed by atoms with van der Waals surface area (Å²) in [5, 5.41) is 0.818. The zero-order chi connectivity index (χ0) is 18.3. The Morgan fingerprint density at radius 1 is 1.23 bits per heavy atom. The number of anilines is 1. The van der Waals surface area contributed by atoms with Crippen LogP contribution in [0.2, 0.25) is 0 Å². The number of aromatic nitrogens is 2. The summed E-state index contributed by atoms with van der Waals surface area (Å²) in [5.74, 6) is -0.303. The smallest absolute Gasteiger partial charge is 0.223 e. The maximum absolute atomic E-state index is 13.4. The van der Waals surface area contributed by atoms with Gasteiger partial charge in [0.15, 0.2) is 0 Å². The van der Waals surface area contributed by atoms with Crippen molar-refractivity contribution in [3.8, 4) is 0 Å². The molecule has 0 aliphatic carbocycles. The van der Waals surface area contributed by atoms with E-state index >= 15 is 0 Å². The molecular weight excluding hydrogens is 337 g/mol. The first-order chi connectivity index (χ1) is 12.5. The Hall–Kier alpha value is -2.77. The van der Waals surface area contributed by atoms with Crippen LogP contribution in [0.15, 0.2) is 24.5 Å². The van der Waals surface area contributed by atoms with Crippen LogP contribution in [0, 0.1) is 11.7 Å². The first-order valence-corrected chi connectivity index (χ1v) is 8.77. The Balaban J connectivity index is 1.48. The van der Waals surface area contributed by atoms with Crippen LogP contribution in [-0.2, 0) is 9.59 Å². The average molecular weight is 357 g/mol. The van der Waals surface area contributed by atoms with Crippen LogP contribution in [-0.4, -0.2) is 52.4 Å². The van der Waals surface area contributed by atoms with Gasteiger partial charge in [0.05, 0.1) is 11.4 Å². The van der Waals surface area contributed by atoms with Crippen LogP contribution in [0.1, 0.15) is 19.3 Å². The van der Waals surface area contributed by atoms with Gasteiger partial charge in [-0.05, 0) is 25.0 Å². The quantitative estimate of drug-likeness (QED) is 0.887. The Morgan fingerprint density at radius 3 is 2.69 bits per heavy atom. The molecule has 1 aromatic heterocycles. The first-order valence-electron chi connectivity index (χ1n) is 8.77. The highest BCUT2D eigenvalue weighted by molar-refractivity contribution is 5.90. The summed E-state index contributed by atoms with van der Waals surface area (Å²) >= 11 is 0. The van der Waals surface area contributed by atoms with Crippen molar-refractivity contribution in [2.75, 3.05) is 24.5 Å². The number of amides is 2. The summed E-state index contributed by atoms with van der Waals surface area (Å²) in [7, 11) is 0. The number of rotatable bonds is 3. The van der Waals surface area contributed by atoms with Crippen LogP contribution in [0.4, 0.5) is 10.2 Å². The van der Waals surface area contributed by atoms with E-state index in [9.17, 15) is 14.0 Å². The number of halogens is 1. The van der Waals surface area contributed by atoms with Crippen molar-refractivity contribution >= 4 is 28.5 Å². The van der Waals surface area contributed by atoms with Gasteiger partial charge >= 0.3 is 0 Å². The van der Waals surface area contributed by atoms with Crippen molar-refractivity contribution in [3.63, 3.8) is 0 Å². The van der Waals surface area contributed by atoms with Gasteiger partial charge in [-0.2, -0.15) is 0 Å². The minimum absolute atomic E-state index is 0.00945. The lowest BCUT2D eigenvalue weighted by Gasteiger charge is -2.37. The van der Waals surface area contributed by atoms with Crippen molar-refractivity contribution in [3.05, 3.63) is 30.3 Å². The van der Waals surface area contributed by atoms with E-state index in [1.165, 1.54) is 18.5 Å². The molecular formula is C18H20FN5O2. The van der Waals surface area contributed by atoms with E-state index in [2.05, 4.69) is 14.9 Å². The molecule has 1 unspecified atom stereocenters. The van der Waals surface area contributed by atoms with Gasteiger partial charge < -0.3 is 15.5 Å². The van der Waals surface area contributed by atoms with E-state index in [4.69, 9.17) is 5.73 Å². The fourth-order valence-corrected chi connectivity index (χ4v) is 3.93. The lowest BCUT2D eigenvalue weighted by molar-refractivity contribution is -0.130. The maximum Gasteiger partial charge on any atom is 0.223 e. The first kappa shape index (κ1) is 16.7. The number of nitrogens with two attached hydrogens (primary N) is 1. The molecule has 1 aromatic carbocycles. The number of carbonyl (C=O) groups is 2. The largest absolute Gasteiger partial charge is 0.369 e. The molecule has 0 saturated carbocycles. The minimum Gasteiger partial charge on any atom is -0.369 e. The number of likely N-dealkylation sites (tertiary alicyclic amines) is 1. The van der Waals surface area contributed by atoms with E-state index in [0.717, 1.165) is 37.1 Å². The summed E-state index contributed by atoms with van der Waals surface area (Å²) in [6.07, 6.45) is 3.26. The van der Waals surface area contributed by atoms with Crippen molar-refractivity contribution in [2.24, 2.45) is 11.7 Å². The van der Waals surface area contributed by atoms with E-state index in [0.29, 0.717) is 12.1 Å². The second kappa shape index (κ2) is 6.51. The maximum atomic E-state index is 13.4. The molecule has 2 amide bonds. The van der Waals surface area contributed by atoms with Crippen LogP contribution >= 0.6 is 0 Å². The SMILES string of the molecule is NC(=O)C1CC(=O)N(C2CCN(c3ncnc4cc(F)ccc34)CC2)C1. The number of piperidine rings is 1. The number of benzene rings is 1. The van der Waals surface area contributed by atoms with Crippen LogP contribution in [0.25, 0.3) is 10.9 Å². The third kappa shape index (κ3) is 2.95. The van der Waals surface area contributed by atoms with Crippen LogP contribution < -0.4 is 10.6 Å². The second-order valence-electron chi connectivity index (χ2n) is 6.93. The normalized spacial score (nSPS) is 21.6. The molecule has 7 nitrogen and oxygen atoms in total. The highest BCUT2D eigenvalue weighted by atomic mass is 19.1. The summed E-state index contributed by atoms with van der Waals surface area (Å²) < 4.78 is 13.4. The van der Waals surface area contributed by atoms with Gasteiger partial charge in [-0.15, -0.1) is 0 Å². The van der Waals surface area contributed by atoms with Gasteiger partial charge in [-0.1, -0.05) is 0 Å². The van der Waals surface area contributed by atoms with Gasteiger partial charge in [0.2, 0.25) is 11.8 Å². The Kier molecular flexibility index (Phi) is 4.18. The van der Waals surface area contributed by atoms with Gasteiger partial charge in [-0.25, -0.2) is 14.4 Å². The van der Waals surface area contributed by atoms with Crippen LogP contribution in [0.5, 0.6) is 0 Å². The summed E-state index contributed by atoms with van der Waals surface area (Å²) in [6, 6.07) is 4.64. The Labute approximate surface area is 150 Å². The van der Waals surface area contributed by atoms with E-state index < -0.39 is 5.91 Å². The van der Waals surface area contributed by atoms with Crippen molar-refractivity contribution in [1.29, 1.82) is 0 Å². The minimum atomic E-state index is -0.405. The highest BCUT2D eigenvalue weighted by Gasteiger charge is 2.38. The summed E-state index contributed by atoms with van der Waals surface area (Å²) in [6.45, 7) is 1.90. The van der Waals surface area contributed by atoms with Gasteiger partial charge in [0.25, 0.3) is 0 Å². The number of carbonyl (C=O) groups excluding carboxylic acids is 2. The second-order valence-corrected chi connectivity index (χ2v) is 6.93. The number of hydrogen-bond acceptors (Lipinski definition) is 5. The summed E-state index contributed by atoms with van der Waals surface area (Å²) in [5.41, 5.74) is 5.93. The van der Waals surface area contributed by atoms with Crippen molar-refractivity contribution in [1.82, 2.24) is 14.9 Å². The topological polar surface area (TPSA) is 92.4 Å². The molecule has 136 valence electrons. The van der Waals surface area contributed by atoms with E-state index in [1.807, 2.05) is 0 Å². The predicted molar refractivity (Wildman–Crippen MR) is 93.7 cm³/mol. The third-order valence-electron chi connectivity index (χ3n) is 5.34. The number of hydrogen-bond donors (Lipinski definition) is 1. The molecule has 26 heavy (non-hydrogen) atoms.